The number of carbonyl (C=O) groups is 3. The summed E-state index contributed by atoms with van der Waals surface area (Å²) in [6, 6.07) is 11.5. The Hall–Kier alpha value is -3.22. The van der Waals surface area contributed by atoms with Gasteiger partial charge in [0.15, 0.2) is 0 Å². The van der Waals surface area contributed by atoms with Gasteiger partial charge in [-0.3, -0.25) is 14.4 Å². The van der Waals surface area contributed by atoms with E-state index in [-0.39, 0.29) is 18.7 Å². The van der Waals surface area contributed by atoms with Crippen molar-refractivity contribution in [2.75, 3.05) is 5.32 Å². The Kier molecular flexibility index (Phi) is 6.28. The number of carbonyl (C=O) groups excluding carboxylic acids is 2. The molecule has 0 unspecified atom stereocenters. The fourth-order valence-corrected chi connectivity index (χ4v) is 2.40. The molecule has 0 aliphatic carbocycles. The minimum absolute atomic E-state index is 0.0545. The van der Waals surface area contributed by atoms with Gasteiger partial charge in [-0.1, -0.05) is 6.07 Å². The third-order valence-electron chi connectivity index (χ3n) is 3.90. The molecule has 2 rings (SSSR count). The molecule has 0 atom stereocenters. The summed E-state index contributed by atoms with van der Waals surface area (Å²) in [5.41, 5.74) is 0.347. The van der Waals surface area contributed by atoms with Crippen molar-refractivity contribution in [1.82, 2.24) is 5.32 Å². The van der Waals surface area contributed by atoms with Crippen LogP contribution in [0.2, 0.25) is 0 Å². The number of halogens is 1. The quantitative estimate of drug-likeness (QED) is 0.694. The summed E-state index contributed by atoms with van der Waals surface area (Å²) < 4.78 is 12.9. The van der Waals surface area contributed by atoms with E-state index in [1.54, 1.807) is 32.0 Å². The van der Waals surface area contributed by atoms with Gasteiger partial charge < -0.3 is 15.7 Å². The van der Waals surface area contributed by atoms with Crippen LogP contribution in [0.25, 0.3) is 0 Å². The monoisotopic (exact) mass is 372 g/mol. The maximum atomic E-state index is 12.9. The molecule has 27 heavy (non-hydrogen) atoms. The Morgan fingerprint density at radius 3 is 2.30 bits per heavy atom. The highest BCUT2D eigenvalue weighted by Gasteiger charge is 2.22. The van der Waals surface area contributed by atoms with Crippen molar-refractivity contribution in [2.45, 2.75) is 32.2 Å². The molecule has 0 heterocycles. The molecular weight excluding hydrogens is 351 g/mol. The predicted octanol–water partition coefficient (Wildman–Crippen LogP) is 3.45. The second-order valence-electron chi connectivity index (χ2n) is 6.77. The van der Waals surface area contributed by atoms with E-state index in [0.717, 1.165) is 0 Å². The number of hydrogen-bond donors (Lipinski definition) is 3. The lowest BCUT2D eigenvalue weighted by Crippen LogP contribution is -2.43. The second-order valence-corrected chi connectivity index (χ2v) is 6.77. The molecule has 2 amide bonds. The molecule has 0 aromatic heterocycles. The van der Waals surface area contributed by atoms with Crippen molar-refractivity contribution < 1.29 is 23.9 Å². The Labute approximate surface area is 156 Å². The zero-order chi connectivity index (χ0) is 20.0. The van der Waals surface area contributed by atoms with Gasteiger partial charge in [0.25, 0.3) is 11.8 Å². The van der Waals surface area contributed by atoms with Gasteiger partial charge in [0, 0.05) is 28.8 Å². The lowest BCUT2D eigenvalue weighted by Gasteiger charge is -2.25. The summed E-state index contributed by atoms with van der Waals surface area (Å²) in [6.45, 7) is 3.49. The fraction of sp³-hybridized carbons (Fsp3) is 0.250. The van der Waals surface area contributed by atoms with E-state index in [2.05, 4.69) is 10.6 Å². The smallest absolute Gasteiger partial charge is 0.303 e. The van der Waals surface area contributed by atoms with Gasteiger partial charge in [0.1, 0.15) is 5.82 Å². The average molecular weight is 372 g/mol. The van der Waals surface area contributed by atoms with Crippen LogP contribution in [0.1, 0.15) is 47.4 Å². The van der Waals surface area contributed by atoms with Crippen molar-refractivity contribution in [3.63, 3.8) is 0 Å². The molecule has 0 radical (unpaired) electrons. The topological polar surface area (TPSA) is 95.5 Å². The highest BCUT2D eigenvalue weighted by molar-refractivity contribution is 6.05. The summed E-state index contributed by atoms with van der Waals surface area (Å²) in [5, 5.41) is 14.2. The van der Waals surface area contributed by atoms with E-state index in [0.29, 0.717) is 16.8 Å². The molecule has 0 aliphatic rings. The van der Waals surface area contributed by atoms with Crippen LogP contribution < -0.4 is 10.6 Å². The fourth-order valence-electron chi connectivity index (χ4n) is 2.40. The van der Waals surface area contributed by atoms with Crippen LogP contribution in [0.5, 0.6) is 0 Å². The summed E-state index contributed by atoms with van der Waals surface area (Å²) in [4.78, 5) is 35.3. The number of rotatable bonds is 7. The van der Waals surface area contributed by atoms with Gasteiger partial charge in [0.05, 0.1) is 0 Å². The molecule has 142 valence electrons. The van der Waals surface area contributed by atoms with Crippen LogP contribution in [-0.2, 0) is 4.79 Å². The Morgan fingerprint density at radius 1 is 1.00 bits per heavy atom. The first-order chi connectivity index (χ1) is 12.7. The molecule has 0 spiro atoms. The second kappa shape index (κ2) is 8.44. The number of carboxylic acid groups (broad SMARTS) is 1. The van der Waals surface area contributed by atoms with E-state index in [1.165, 1.54) is 30.3 Å². The first kappa shape index (κ1) is 20.1. The maximum absolute atomic E-state index is 12.9. The summed E-state index contributed by atoms with van der Waals surface area (Å²) in [5.74, 6) is -2.16. The summed E-state index contributed by atoms with van der Waals surface area (Å²) >= 11 is 0. The van der Waals surface area contributed by atoms with Gasteiger partial charge in [-0.25, -0.2) is 4.39 Å². The maximum Gasteiger partial charge on any atom is 0.303 e. The lowest BCUT2D eigenvalue weighted by atomic mass is 9.97. The number of anilines is 1. The highest BCUT2D eigenvalue weighted by atomic mass is 19.1. The van der Waals surface area contributed by atoms with Crippen LogP contribution in [0.15, 0.2) is 48.5 Å². The molecule has 0 fully saturated rings. The number of aliphatic carboxylic acids is 1. The molecule has 3 N–H and O–H groups in total. The lowest BCUT2D eigenvalue weighted by molar-refractivity contribution is -0.137. The minimum Gasteiger partial charge on any atom is -0.481 e. The third kappa shape index (κ3) is 6.22. The van der Waals surface area contributed by atoms with Crippen LogP contribution in [0.4, 0.5) is 10.1 Å². The van der Waals surface area contributed by atoms with E-state index >= 15 is 0 Å². The van der Waals surface area contributed by atoms with E-state index in [1.807, 2.05) is 0 Å². The Balaban J connectivity index is 2.05. The molecule has 2 aromatic rings. The van der Waals surface area contributed by atoms with Crippen LogP contribution in [-0.4, -0.2) is 28.4 Å². The van der Waals surface area contributed by atoms with E-state index in [4.69, 9.17) is 5.11 Å². The molecular formula is C20H21FN2O4. The van der Waals surface area contributed by atoms with Crippen molar-refractivity contribution in [1.29, 1.82) is 0 Å². The average Bonchev–Trinajstić information content (AvgIpc) is 2.60. The Bertz CT molecular complexity index is 847. The number of benzene rings is 2. The van der Waals surface area contributed by atoms with Crippen molar-refractivity contribution in [3.05, 3.63) is 65.5 Å². The van der Waals surface area contributed by atoms with Gasteiger partial charge in [-0.2, -0.15) is 0 Å². The standard InChI is InChI=1S/C20H21FN2O4/c1-20(2,11-10-17(24)25)23-19(27)14-4-3-5-16(12-14)22-18(26)13-6-8-15(21)9-7-13/h3-9,12H,10-11H2,1-2H3,(H,22,26)(H,23,27)(H,24,25). The zero-order valence-corrected chi connectivity index (χ0v) is 15.1. The van der Waals surface area contributed by atoms with Crippen LogP contribution in [0.3, 0.4) is 0 Å². The summed E-state index contributed by atoms with van der Waals surface area (Å²) in [7, 11) is 0. The van der Waals surface area contributed by atoms with Crippen molar-refractivity contribution >= 4 is 23.5 Å². The van der Waals surface area contributed by atoms with Crippen molar-refractivity contribution in [3.8, 4) is 0 Å². The van der Waals surface area contributed by atoms with Gasteiger partial charge in [-0.05, 0) is 62.7 Å². The first-order valence-electron chi connectivity index (χ1n) is 8.37. The van der Waals surface area contributed by atoms with Crippen LogP contribution in [0, 0.1) is 5.82 Å². The third-order valence-corrected chi connectivity index (χ3v) is 3.90. The predicted molar refractivity (Wildman–Crippen MR) is 99.2 cm³/mol. The SMILES string of the molecule is CC(C)(CCC(=O)O)NC(=O)c1cccc(NC(=O)c2ccc(F)cc2)c1. The van der Waals surface area contributed by atoms with E-state index < -0.39 is 23.2 Å². The molecule has 0 aliphatic heterocycles. The summed E-state index contributed by atoms with van der Waals surface area (Å²) in [6.07, 6.45) is 0.232. The zero-order valence-electron chi connectivity index (χ0n) is 15.1. The molecule has 0 saturated heterocycles. The number of amides is 2. The van der Waals surface area contributed by atoms with Crippen molar-refractivity contribution in [2.24, 2.45) is 0 Å². The largest absolute Gasteiger partial charge is 0.481 e. The molecule has 0 bridgehead atoms. The van der Waals surface area contributed by atoms with Crippen LogP contribution >= 0.6 is 0 Å². The molecule has 2 aromatic carbocycles. The minimum atomic E-state index is -0.928. The molecule has 6 nitrogen and oxygen atoms in total. The number of carboxylic acids is 1. The number of hydrogen-bond acceptors (Lipinski definition) is 3. The number of nitrogens with one attached hydrogen (secondary N) is 2. The van der Waals surface area contributed by atoms with E-state index in [9.17, 15) is 18.8 Å². The normalized spacial score (nSPS) is 10.9. The highest BCUT2D eigenvalue weighted by Crippen LogP contribution is 2.16. The Morgan fingerprint density at radius 2 is 1.67 bits per heavy atom. The molecule has 0 saturated carbocycles. The molecule has 7 heteroatoms. The first-order valence-corrected chi connectivity index (χ1v) is 8.37. The van der Waals surface area contributed by atoms with Gasteiger partial charge in [-0.15, -0.1) is 0 Å². The van der Waals surface area contributed by atoms with Gasteiger partial charge in [0.2, 0.25) is 0 Å². The van der Waals surface area contributed by atoms with Gasteiger partial charge >= 0.3 is 5.97 Å².